The number of amides is 1. The summed E-state index contributed by atoms with van der Waals surface area (Å²) in [5.41, 5.74) is 3.24. The minimum absolute atomic E-state index is 0.316. The Balaban J connectivity index is 1.86. The molecule has 0 atom stereocenters. The zero-order chi connectivity index (χ0) is 13.7. The molecule has 0 saturated heterocycles. The number of hydrazine groups is 1. The number of nitrogens with zero attached hydrogens (tertiary/aromatic N) is 1. The molecule has 0 spiro atoms. The number of benzene rings is 1. The fourth-order valence-electron chi connectivity index (χ4n) is 1.56. The number of rotatable bonds is 5. The Bertz CT molecular complexity index is 569. The molecule has 2 aromatic rings. The van der Waals surface area contributed by atoms with Crippen molar-refractivity contribution in [2.75, 3.05) is 6.61 Å². The largest absolute Gasteiger partial charge is 0.493 e. The number of nitrogens with two attached hydrogens (primary N) is 1. The normalized spacial score (nSPS) is 10.2. The number of carbonyl (C=O) groups is 1. The van der Waals surface area contributed by atoms with Crippen LogP contribution in [0.15, 0.2) is 30.5 Å². The van der Waals surface area contributed by atoms with Crippen molar-refractivity contribution in [1.29, 1.82) is 0 Å². The van der Waals surface area contributed by atoms with Crippen molar-refractivity contribution >= 4 is 17.2 Å². The monoisotopic (exact) mass is 277 g/mol. The second-order valence-corrected chi connectivity index (χ2v) is 5.12. The van der Waals surface area contributed by atoms with Crippen LogP contribution in [0.3, 0.4) is 0 Å². The number of thiazole rings is 1. The molecule has 0 unspecified atom stereocenters. The fourth-order valence-corrected chi connectivity index (χ4v) is 2.36. The van der Waals surface area contributed by atoms with E-state index in [4.69, 9.17) is 10.6 Å². The Morgan fingerprint density at radius 3 is 3.11 bits per heavy atom. The van der Waals surface area contributed by atoms with Gasteiger partial charge in [0.25, 0.3) is 5.91 Å². The van der Waals surface area contributed by atoms with Gasteiger partial charge in [0.15, 0.2) is 0 Å². The van der Waals surface area contributed by atoms with Gasteiger partial charge < -0.3 is 4.74 Å². The molecule has 0 bridgehead atoms. The third-order valence-electron chi connectivity index (χ3n) is 2.48. The van der Waals surface area contributed by atoms with Crippen LogP contribution in [0, 0.1) is 6.92 Å². The molecule has 5 nitrogen and oxygen atoms in total. The Morgan fingerprint density at radius 2 is 2.37 bits per heavy atom. The quantitative estimate of drug-likeness (QED) is 0.495. The predicted octanol–water partition coefficient (Wildman–Crippen LogP) is 1.68. The highest BCUT2D eigenvalue weighted by atomic mass is 32.1. The lowest BCUT2D eigenvalue weighted by molar-refractivity contribution is 0.0957. The average Bonchev–Trinajstić information content (AvgIpc) is 2.87. The van der Waals surface area contributed by atoms with Crippen LogP contribution < -0.4 is 16.0 Å². The van der Waals surface area contributed by atoms with Crippen LogP contribution in [0.4, 0.5) is 0 Å². The summed E-state index contributed by atoms with van der Waals surface area (Å²) in [5.74, 6) is 5.59. The number of nitrogens with one attached hydrogen (secondary N) is 1. The maximum absolute atomic E-state index is 11.3. The number of aromatic nitrogens is 1. The maximum Gasteiger partial charge on any atom is 0.276 e. The molecule has 1 aromatic carbocycles. The highest BCUT2D eigenvalue weighted by Crippen LogP contribution is 2.15. The molecule has 1 aromatic heterocycles. The molecule has 1 amide bonds. The third kappa shape index (κ3) is 3.77. The van der Waals surface area contributed by atoms with Crippen molar-refractivity contribution in [2.45, 2.75) is 13.3 Å². The number of nitrogen functional groups attached to an aromatic ring is 1. The molecule has 0 saturated carbocycles. The van der Waals surface area contributed by atoms with Gasteiger partial charge in [-0.05, 0) is 24.6 Å². The Labute approximate surface area is 115 Å². The van der Waals surface area contributed by atoms with Gasteiger partial charge in [0.1, 0.15) is 10.6 Å². The van der Waals surface area contributed by atoms with E-state index >= 15 is 0 Å². The van der Waals surface area contributed by atoms with Crippen molar-refractivity contribution in [1.82, 2.24) is 10.4 Å². The molecule has 19 heavy (non-hydrogen) atoms. The summed E-state index contributed by atoms with van der Waals surface area (Å²) in [6, 6.07) is 7.88. The number of hydrogen-bond donors (Lipinski definition) is 2. The molecule has 2 rings (SSSR count). The van der Waals surface area contributed by atoms with E-state index < -0.39 is 0 Å². The molecule has 0 aliphatic heterocycles. The van der Waals surface area contributed by atoms with Crippen molar-refractivity contribution in [3.8, 4) is 5.75 Å². The van der Waals surface area contributed by atoms with Gasteiger partial charge in [-0.1, -0.05) is 12.1 Å². The SMILES string of the molecule is Cc1cccc(OCCc2ncc(C(=O)NN)s2)c1. The molecular formula is C13H15N3O2S. The second kappa shape index (κ2) is 6.31. The van der Waals surface area contributed by atoms with Gasteiger partial charge in [0.2, 0.25) is 0 Å². The fraction of sp³-hybridized carbons (Fsp3) is 0.231. The highest BCUT2D eigenvalue weighted by molar-refractivity contribution is 7.13. The van der Waals surface area contributed by atoms with Crippen LogP contribution in [0.25, 0.3) is 0 Å². The minimum Gasteiger partial charge on any atom is -0.493 e. The average molecular weight is 277 g/mol. The second-order valence-electron chi connectivity index (χ2n) is 4.01. The molecule has 0 aliphatic rings. The first-order valence-electron chi connectivity index (χ1n) is 5.84. The first-order chi connectivity index (χ1) is 9.19. The lowest BCUT2D eigenvalue weighted by atomic mass is 10.2. The van der Waals surface area contributed by atoms with Gasteiger partial charge in [-0.2, -0.15) is 0 Å². The molecule has 3 N–H and O–H groups in total. The molecular weight excluding hydrogens is 262 g/mol. The Hall–Kier alpha value is -1.92. The van der Waals surface area contributed by atoms with E-state index in [-0.39, 0.29) is 5.91 Å². The Morgan fingerprint density at radius 1 is 1.53 bits per heavy atom. The highest BCUT2D eigenvalue weighted by Gasteiger charge is 2.08. The number of hydrogen-bond acceptors (Lipinski definition) is 5. The number of aryl methyl sites for hydroxylation is 1. The maximum atomic E-state index is 11.3. The topological polar surface area (TPSA) is 77.2 Å². The van der Waals surface area contributed by atoms with Crippen LogP contribution in [0.5, 0.6) is 5.75 Å². The van der Waals surface area contributed by atoms with E-state index in [1.165, 1.54) is 17.5 Å². The minimum atomic E-state index is -0.316. The lowest BCUT2D eigenvalue weighted by Gasteiger charge is -2.05. The van der Waals surface area contributed by atoms with Gasteiger partial charge in [-0.25, -0.2) is 10.8 Å². The van der Waals surface area contributed by atoms with Crippen LogP contribution in [0.1, 0.15) is 20.2 Å². The summed E-state index contributed by atoms with van der Waals surface area (Å²) in [6.07, 6.45) is 2.19. The third-order valence-corrected chi connectivity index (χ3v) is 3.54. The lowest BCUT2D eigenvalue weighted by Crippen LogP contribution is -2.29. The standard InChI is InChI=1S/C13H15N3O2S/c1-9-3-2-4-10(7-9)18-6-5-12-15-8-11(19-12)13(17)16-14/h2-4,7-8H,5-6,14H2,1H3,(H,16,17). The first kappa shape index (κ1) is 13.5. The molecule has 100 valence electrons. The van der Waals surface area contributed by atoms with Crippen molar-refractivity contribution in [3.63, 3.8) is 0 Å². The van der Waals surface area contributed by atoms with E-state index in [9.17, 15) is 4.79 Å². The van der Waals surface area contributed by atoms with E-state index in [1.54, 1.807) is 0 Å². The summed E-state index contributed by atoms with van der Waals surface area (Å²) < 4.78 is 5.63. The molecule has 1 heterocycles. The molecule has 6 heteroatoms. The Kier molecular flexibility index (Phi) is 4.48. The number of ether oxygens (including phenoxy) is 1. The van der Waals surface area contributed by atoms with Gasteiger partial charge in [0, 0.05) is 6.42 Å². The van der Waals surface area contributed by atoms with Gasteiger partial charge in [0.05, 0.1) is 17.8 Å². The van der Waals surface area contributed by atoms with Gasteiger partial charge in [-0.3, -0.25) is 10.2 Å². The summed E-state index contributed by atoms with van der Waals surface area (Å²) in [7, 11) is 0. The molecule has 0 fully saturated rings. The molecule has 0 radical (unpaired) electrons. The van der Waals surface area contributed by atoms with Crippen molar-refractivity contribution in [3.05, 3.63) is 45.9 Å². The van der Waals surface area contributed by atoms with Crippen LogP contribution in [-0.2, 0) is 6.42 Å². The van der Waals surface area contributed by atoms with Crippen LogP contribution >= 0.6 is 11.3 Å². The van der Waals surface area contributed by atoms with E-state index in [0.29, 0.717) is 17.9 Å². The smallest absolute Gasteiger partial charge is 0.276 e. The summed E-state index contributed by atoms with van der Waals surface area (Å²) in [4.78, 5) is 15.9. The number of carbonyl (C=O) groups excluding carboxylic acids is 1. The zero-order valence-electron chi connectivity index (χ0n) is 10.6. The predicted molar refractivity (Wildman–Crippen MR) is 74.1 cm³/mol. The van der Waals surface area contributed by atoms with Gasteiger partial charge >= 0.3 is 0 Å². The summed E-state index contributed by atoms with van der Waals surface area (Å²) >= 11 is 1.32. The zero-order valence-corrected chi connectivity index (χ0v) is 11.4. The van der Waals surface area contributed by atoms with Gasteiger partial charge in [-0.15, -0.1) is 11.3 Å². The molecule has 0 aliphatic carbocycles. The summed E-state index contributed by atoms with van der Waals surface area (Å²) in [5, 5.41) is 0.853. The van der Waals surface area contributed by atoms with Crippen molar-refractivity contribution in [2.24, 2.45) is 5.84 Å². The van der Waals surface area contributed by atoms with E-state index in [1.807, 2.05) is 31.2 Å². The van der Waals surface area contributed by atoms with Crippen molar-refractivity contribution < 1.29 is 9.53 Å². The summed E-state index contributed by atoms with van der Waals surface area (Å²) in [6.45, 7) is 2.55. The van der Waals surface area contributed by atoms with E-state index in [0.717, 1.165) is 16.3 Å². The van der Waals surface area contributed by atoms with Crippen LogP contribution in [-0.4, -0.2) is 17.5 Å². The first-order valence-corrected chi connectivity index (χ1v) is 6.66. The van der Waals surface area contributed by atoms with E-state index in [2.05, 4.69) is 10.4 Å². The van der Waals surface area contributed by atoms with Crippen LogP contribution in [0.2, 0.25) is 0 Å².